The van der Waals surface area contributed by atoms with Crippen molar-refractivity contribution in [2.75, 3.05) is 18.4 Å². The van der Waals surface area contributed by atoms with E-state index < -0.39 is 5.41 Å². The van der Waals surface area contributed by atoms with Crippen LogP contribution in [0.3, 0.4) is 0 Å². The number of rotatable bonds is 3. The number of nitrogens with one attached hydrogen (secondary N) is 2. The van der Waals surface area contributed by atoms with Crippen LogP contribution >= 0.6 is 0 Å². The summed E-state index contributed by atoms with van der Waals surface area (Å²) in [6, 6.07) is 0. The molecule has 1 atom stereocenters. The number of piperidine rings is 1. The summed E-state index contributed by atoms with van der Waals surface area (Å²) in [5.41, 5.74) is -0.438. The predicted molar refractivity (Wildman–Crippen MR) is 66.8 cm³/mol. The van der Waals surface area contributed by atoms with Crippen molar-refractivity contribution in [2.45, 2.75) is 26.7 Å². The average molecular weight is 252 g/mol. The van der Waals surface area contributed by atoms with E-state index in [1.807, 2.05) is 13.8 Å². The van der Waals surface area contributed by atoms with E-state index in [-0.39, 0.29) is 11.9 Å². The van der Waals surface area contributed by atoms with Crippen molar-refractivity contribution in [3.05, 3.63) is 0 Å². The minimum atomic E-state index is -0.438. The molecule has 2 heterocycles. The van der Waals surface area contributed by atoms with Crippen LogP contribution in [0.2, 0.25) is 0 Å². The van der Waals surface area contributed by atoms with E-state index in [9.17, 15) is 4.79 Å². The van der Waals surface area contributed by atoms with Gasteiger partial charge in [-0.3, -0.25) is 10.1 Å². The highest BCUT2D eigenvalue weighted by Gasteiger charge is 2.37. The highest BCUT2D eigenvalue weighted by molar-refractivity contribution is 5.93. The fraction of sp³-hybridized carbons (Fsp3) is 0.818. The molecular formula is C11H20N6O. The molecule has 0 bridgehead atoms. The number of nitrogens with zero attached hydrogens (tertiary/aromatic N) is 4. The van der Waals surface area contributed by atoms with Crippen molar-refractivity contribution in [2.24, 2.45) is 18.4 Å². The largest absolute Gasteiger partial charge is 0.316 e. The monoisotopic (exact) mass is 252 g/mol. The molecule has 18 heavy (non-hydrogen) atoms. The molecule has 7 heteroatoms. The molecule has 2 N–H and O–H groups in total. The zero-order chi connectivity index (χ0) is 13.2. The molecular weight excluding hydrogens is 232 g/mol. The highest BCUT2D eigenvalue weighted by atomic mass is 16.2. The summed E-state index contributed by atoms with van der Waals surface area (Å²) < 4.78 is 0. The van der Waals surface area contributed by atoms with Gasteiger partial charge in [0.25, 0.3) is 5.95 Å². The minimum Gasteiger partial charge on any atom is -0.316 e. The maximum Gasteiger partial charge on any atom is 0.270 e. The number of carbonyl (C=O) groups excluding carboxylic acids is 1. The number of aromatic nitrogens is 4. The lowest BCUT2D eigenvalue weighted by molar-refractivity contribution is -0.127. The first-order valence-electron chi connectivity index (χ1n) is 6.26. The van der Waals surface area contributed by atoms with Crippen LogP contribution in [0.15, 0.2) is 0 Å². The highest BCUT2D eigenvalue weighted by Crippen LogP contribution is 2.32. The fourth-order valence-corrected chi connectivity index (χ4v) is 2.25. The molecule has 0 radical (unpaired) electrons. The topological polar surface area (TPSA) is 84.7 Å². The summed E-state index contributed by atoms with van der Waals surface area (Å²) >= 11 is 0. The number of tetrazole rings is 1. The van der Waals surface area contributed by atoms with E-state index in [0.717, 1.165) is 25.9 Å². The lowest BCUT2D eigenvalue weighted by Gasteiger charge is -2.35. The minimum absolute atomic E-state index is 0.0517. The number of hydrogen-bond donors (Lipinski definition) is 2. The first-order valence-corrected chi connectivity index (χ1v) is 6.26. The molecule has 0 aromatic carbocycles. The van der Waals surface area contributed by atoms with Crippen molar-refractivity contribution in [3.63, 3.8) is 0 Å². The van der Waals surface area contributed by atoms with Gasteiger partial charge in [-0.1, -0.05) is 18.9 Å². The predicted octanol–water partition coefficient (Wildman–Crippen LogP) is 0.174. The van der Waals surface area contributed by atoms with Gasteiger partial charge in [0.1, 0.15) is 0 Å². The van der Waals surface area contributed by atoms with Gasteiger partial charge in [0.2, 0.25) is 5.91 Å². The van der Waals surface area contributed by atoms with Crippen LogP contribution < -0.4 is 10.6 Å². The molecule has 0 spiro atoms. The third kappa shape index (κ3) is 2.66. The van der Waals surface area contributed by atoms with Crippen molar-refractivity contribution in [1.82, 2.24) is 25.5 Å². The molecule has 1 aliphatic heterocycles. The Morgan fingerprint density at radius 2 is 2.33 bits per heavy atom. The molecule has 1 unspecified atom stereocenters. The number of anilines is 1. The maximum atomic E-state index is 12.3. The molecule has 1 aliphatic rings. The van der Waals surface area contributed by atoms with Crippen molar-refractivity contribution in [1.29, 1.82) is 0 Å². The molecule has 100 valence electrons. The van der Waals surface area contributed by atoms with Crippen molar-refractivity contribution in [3.8, 4) is 0 Å². The standard InChI is InChI=1S/C11H20N6O/c1-11(2,8-5-4-6-12-7-8)9(18)13-10-14-16-17(3)15-10/h8,12H,4-7H2,1-3H3,(H,13,15,18). The van der Waals surface area contributed by atoms with Crippen molar-refractivity contribution < 1.29 is 4.79 Å². The van der Waals surface area contributed by atoms with Gasteiger partial charge in [-0.2, -0.15) is 4.80 Å². The normalized spacial score (nSPS) is 20.7. The summed E-state index contributed by atoms with van der Waals surface area (Å²) in [5.74, 6) is 0.548. The van der Waals surface area contributed by atoms with Gasteiger partial charge in [-0.15, -0.1) is 5.10 Å². The lowest BCUT2D eigenvalue weighted by atomic mass is 9.74. The van der Waals surface area contributed by atoms with Crippen LogP contribution in [-0.2, 0) is 11.8 Å². The van der Waals surface area contributed by atoms with Gasteiger partial charge < -0.3 is 5.32 Å². The van der Waals surface area contributed by atoms with E-state index >= 15 is 0 Å². The van der Waals surface area contributed by atoms with Gasteiger partial charge in [0.05, 0.1) is 7.05 Å². The Morgan fingerprint density at radius 1 is 1.56 bits per heavy atom. The Morgan fingerprint density at radius 3 is 2.89 bits per heavy atom. The molecule has 1 fully saturated rings. The van der Waals surface area contributed by atoms with Crippen LogP contribution in [0.4, 0.5) is 5.95 Å². The average Bonchev–Trinajstić information content (AvgIpc) is 2.76. The molecule has 1 amide bonds. The van der Waals surface area contributed by atoms with Gasteiger partial charge in [0.15, 0.2) is 0 Å². The van der Waals surface area contributed by atoms with Crippen LogP contribution in [0, 0.1) is 11.3 Å². The number of amides is 1. The van der Waals surface area contributed by atoms with Gasteiger partial charge >= 0.3 is 0 Å². The second-order valence-electron chi connectivity index (χ2n) is 5.32. The van der Waals surface area contributed by atoms with E-state index in [0.29, 0.717) is 5.92 Å². The van der Waals surface area contributed by atoms with Crippen molar-refractivity contribution >= 4 is 11.9 Å². The number of carbonyl (C=O) groups is 1. The third-order valence-electron chi connectivity index (χ3n) is 3.64. The molecule has 1 aromatic rings. The summed E-state index contributed by atoms with van der Waals surface area (Å²) in [6.07, 6.45) is 2.19. The molecule has 1 saturated heterocycles. The second-order valence-corrected chi connectivity index (χ2v) is 5.32. The fourth-order valence-electron chi connectivity index (χ4n) is 2.25. The van der Waals surface area contributed by atoms with Crippen LogP contribution in [-0.4, -0.2) is 39.2 Å². The first-order chi connectivity index (χ1) is 8.50. The summed E-state index contributed by atoms with van der Waals surface area (Å²) in [4.78, 5) is 13.6. The Balaban J connectivity index is 2.02. The Hall–Kier alpha value is -1.50. The number of hydrogen-bond acceptors (Lipinski definition) is 5. The van der Waals surface area contributed by atoms with Gasteiger partial charge in [-0.05, 0) is 37.1 Å². The lowest BCUT2D eigenvalue weighted by Crippen LogP contribution is -2.45. The smallest absolute Gasteiger partial charge is 0.270 e. The molecule has 1 aromatic heterocycles. The molecule has 2 rings (SSSR count). The summed E-state index contributed by atoms with van der Waals surface area (Å²) in [5, 5.41) is 17.5. The number of aryl methyl sites for hydroxylation is 1. The maximum absolute atomic E-state index is 12.3. The van der Waals surface area contributed by atoms with Crippen LogP contribution in [0.25, 0.3) is 0 Å². The van der Waals surface area contributed by atoms with E-state index in [1.165, 1.54) is 4.80 Å². The molecule has 7 nitrogen and oxygen atoms in total. The zero-order valence-electron chi connectivity index (χ0n) is 11.1. The Bertz CT molecular complexity index is 421. The van der Waals surface area contributed by atoms with Gasteiger partial charge in [0, 0.05) is 5.41 Å². The Labute approximate surface area is 106 Å². The molecule has 0 aliphatic carbocycles. The third-order valence-corrected chi connectivity index (χ3v) is 3.64. The molecule has 0 saturated carbocycles. The van der Waals surface area contributed by atoms with Gasteiger partial charge in [-0.25, -0.2) is 0 Å². The zero-order valence-corrected chi connectivity index (χ0v) is 11.1. The Kier molecular flexibility index (Phi) is 3.60. The van der Waals surface area contributed by atoms with E-state index in [2.05, 4.69) is 26.0 Å². The quantitative estimate of drug-likeness (QED) is 0.801. The van der Waals surface area contributed by atoms with E-state index in [4.69, 9.17) is 0 Å². The summed E-state index contributed by atoms with van der Waals surface area (Å²) in [7, 11) is 1.67. The first kappa shape index (κ1) is 12.9. The second kappa shape index (κ2) is 5.01. The SMILES string of the molecule is Cn1nnc(NC(=O)C(C)(C)C2CCCNC2)n1. The van der Waals surface area contributed by atoms with E-state index in [1.54, 1.807) is 7.05 Å². The van der Waals surface area contributed by atoms with Crippen LogP contribution in [0.5, 0.6) is 0 Å². The van der Waals surface area contributed by atoms with Crippen LogP contribution in [0.1, 0.15) is 26.7 Å². The summed E-state index contributed by atoms with van der Waals surface area (Å²) in [6.45, 7) is 5.86.